The van der Waals surface area contributed by atoms with E-state index in [1.54, 1.807) is 0 Å². The fourth-order valence-corrected chi connectivity index (χ4v) is 1.99. The molecule has 0 aliphatic rings. The van der Waals surface area contributed by atoms with Crippen LogP contribution < -0.4 is 11.1 Å². The van der Waals surface area contributed by atoms with Crippen LogP contribution >= 0.6 is 0 Å². The maximum Gasteiger partial charge on any atom is 0.338 e. The Kier molecular flexibility index (Phi) is 6.05. The molecular weight excluding hydrogens is 340 g/mol. The Morgan fingerprint density at radius 2 is 1.35 bits per heavy atom. The van der Waals surface area contributed by atoms with E-state index in [1.807, 2.05) is 0 Å². The van der Waals surface area contributed by atoms with Crippen LogP contribution in [0.4, 0.5) is 5.69 Å². The number of carbonyl (C=O) groups is 4. The molecule has 0 atom stereocenters. The van der Waals surface area contributed by atoms with E-state index in [2.05, 4.69) is 10.1 Å². The Balaban J connectivity index is 1.87. The van der Waals surface area contributed by atoms with E-state index in [1.165, 1.54) is 55.6 Å². The molecule has 0 bridgehead atoms. The van der Waals surface area contributed by atoms with Gasteiger partial charge >= 0.3 is 11.9 Å². The van der Waals surface area contributed by atoms with Gasteiger partial charge < -0.3 is 20.5 Å². The largest absolute Gasteiger partial charge is 0.465 e. The summed E-state index contributed by atoms with van der Waals surface area (Å²) in [5.41, 5.74) is 6.35. The van der Waals surface area contributed by atoms with Crippen molar-refractivity contribution >= 4 is 29.4 Å². The van der Waals surface area contributed by atoms with Gasteiger partial charge in [-0.05, 0) is 48.5 Å². The van der Waals surface area contributed by atoms with Crippen molar-refractivity contribution in [3.63, 3.8) is 0 Å². The third kappa shape index (κ3) is 4.91. The Bertz CT molecular complexity index is 828. The Labute approximate surface area is 148 Å². The number of amides is 2. The summed E-state index contributed by atoms with van der Waals surface area (Å²) < 4.78 is 9.47. The average Bonchev–Trinajstić information content (AvgIpc) is 2.66. The first-order valence-electron chi connectivity index (χ1n) is 7.46. The van der Waals surface area contributed by atoms with Gasteiger partial charge in [0.05, 0.1) is 18.2 Å². The van der Waals surface area contributed by atoms with Gasteiger partial charge in [0.2, 0.25) is 5.91 Å². The van der Waals surface area contributed by atoms with Crippen LogP contribution in [0.5, 0.6) is 0 Å². The second-order valence-corrected chi connectivity index (χ2v) is 5.13. The number of primary amides is 1. The average molecular weight is 356 g/mol. The molecule has 26 heavy (non-hydrogen) atoms. The van der Waals surface area contributed by atoms with E-state index in [9.17, 15) is 19.2 Å². The van der Waals surface area contributed by atoms with Crippen molar-refractivity contribution in [2.45, 2.75) is 0 Å². The van der Waals surface area contributed by atoms with E-state index < -0.39 is 30.4 Å². The van der Waals surface area contributed by atoms with Crippen molar-refractivity contribution in [2.75, 3.05) is 19.0 Å². The van der Waals surface area contributed by atoms with Crippen molar-refractivity contribution in [1.82, 2.24) is 0 Å². The van der Waals surface area contributed by atoms with Crippen molar-refractivity contribution in [1.29, 1.82) is 0 Å². The van der Waals surface area contributed by atoms with Crippen LogP contribution in [-0.4, -0.2) is 37.5 Å². The number of nitrogens with two attached hydrogens (primary N) is 1. The van der Waals surface area contributed by atoms with Gasteiger partial charge in [-0.25, -0.2) is 9.59 Å². The second-order valence-electron chi connectivity index (χ2n) is 5.13. The van der Waals surface area contributed by atoms with Gasteiger partial charge in [0.15, 0.2) is 6.61 Å². The van der Waals surface area contributed by atoms with Gasteiger partial charge in [0.1, 0.15) is 0 Å². The summed E-state index contributed by atoms with van der Waals surface area (Å²) in [4.78, 5) is 46.0. The molecule has 0 saturated carbocycles. The van der Waals surface area contributed by atoms with E-state index >= 15 is 0 Å². The molecule has 0 aromatic heterocycles. The van der Waals surface area contributed by atoms with Crippen molar-refractivity contribution < 1.29 is 28.7 Å². The first-order valence-corrected chi connectivity index (χ1v) is 7.46. The first kappa shape index (κ1) is 18.7. The molecule has 8 heteroatoms. The molecule has 8 nitrogen and oxygen atoms in total. The van der Waals surface area contributed by atoms with Crippen LogP contribution in [0.25, 0.3) is 0 Å². The molecule has 0 heterocycles. The molecule has 0 radical (unpaired) electrons. The van der Waals surface area contributed by atoms with Gasteiger partial charge in [-0.15, -0.1) is 0 Å². The lowest BCUT2D eigenvalue weighted by Gasteiger charge is -2.07. The lowest BCUT2D eigenvalue weighted by molar-refractivity contribution is -0.119. The number of hydrogen-bond acceptors (Lipinski definition) is 6. The van der Waals surface area contributed by atoms with Crippen LogP contribution in [0, 0.1) is 0 Å². The smallest absolute Gasteiger partial charge is 0.338 e. The molecule has 3 N–H and O–H groups in total. The number of methoxy groups -OCH3 is 1. The predicted molar refractivity (Wildman–Crippen MR) is 91.7 cm³/mol. The number of nitrogens with one attached hydrogen (secondary N) is 1. The maximum absolute atomic E-state index is 11.9. The molecular formula is C18H16N2O6. The SMILES string of the molecule is COC(=O)c1ccc(C(=O)OCC(=O)Nc2ccc(C(N)=O)cc2)cc1. The fourth-order valence-electron chi connectivity index (χ4n) is 1.99. The van der Waals surface area contributed by atoms with Crippen LogP contribution in [0.1, 0.15) is 31.1 Å². The first-order chi connectivity index (χ1) is 12.4. The summed E-state index contributed by atoms with van der Waals surface area (Å²) in [5.74, 6) is -2.35. The fraction of sp³-hybridized carbons (Fsp3) is 0.111. The van der Waals surface area contributed by atoms with E-state index in [0.717, 1.165) is 0 Å². The minimum Gasteiger partial charge on any atom is -0.465 e. The zero-order valence-corrected chi connectivity index (χ0v) is 13.9. The zero-order chi connectivity index (χ0) is 19.1. The summed E-state index contributed by atoms with van der Waals surface area (Å²) in [6.07, 6.45) is 0. The number of carbonyl (C=O) groups excluding carboxylic acids is 4. The molecule has 0 unspecified atom stereocenters. The predicted octanol–water partition coefficient (Wildman–Crippen LogP) is 1.37. The highest BCUT2D eigenvalue weighted by Crippen LogP contribution is 2.10. The number of ether oxygens (including phenoxy) is 2. The highest BCUT2D eigenvalue weighted by Gasteiger charge is 2.12. The minimum absolute atomic E-state index is 0.191. The molecule has 2 aromatic rings. The summed E-state index contributed by atoms with van der Waals surface area (Å²) in [5, 5.41) is 2.52. The van der Waals surface area contributed by atoms with E-state index in [4.69, 9.17) is 10.5 Å². The quantitative estimate of drug-likeness (QED) is 0.753. The summed E-state index contributed by atoms with van der Waals surface area (Å²) in [6, 6.07) is 11.6. The number of benzene rings is 2. The summed E-state index contributed by atoms with van der Waals surface area (Å²) >= 11 is 0. The number of esters is 2. The van der Waals surface area contributed by atoms with Gasteiger partial charge in [-0.1, -0.05) is 0 Å². The Morgan fingerprint density at radius 3 is 1.85 bits per heavy atom. The third-order valence-electron chi connectivity index (χ3n) is 3.33. The van der Waals surface area contributed by atoms with Gasteiger partial charge in [0, 0.05) is 11.3 Å². The van der Waals surface area contributed by atoms with Crippen LogP contribution in [-0.2, 0) is 14.3 Å². The molecule has 0 fully saturated rings. The molecule has 134 valence electrons. The summed E-state index contributed by atoms with van der Waals surface area (Å²) in [7, 11) is 1.25. The Hall–Kier alpha value is -3.68. The monoisotopic (exact) mass is 356 g/mol. The van der Waals surface area contributed by atoms with Crippen molar-refractivity contribution in [3.8, 4) is 0 Å². The Morgan fingerprint density at radius 1 is 0.846 bits per heavy atom. The molecule has 0 saturated heterocycles. The molecule has 2 aromatic carbocycles. The van der Waals surface area contributed by atoms with Crippen LogP contribution in [0.2, 0.25) is 0 Å². The van der Waals surface area contributed by atoms with Crippen molar-refractivity contribution in [3.05, 3.63) is 65.2 Å². The van der Waals surface area contributed by atoms with Crippen LogP contribution in [0.3, 0.4) is 0 Å². The molecule has 0 spiro atoms. The molecule has 0 aliphatic heterocycles. The van der Waals surface area contributed by atoms with Gasteiger partial charge in [-0.2, -0.15) is 0 Å². The number of hydrogen-bond donors (Lipinski definition) is 2. The molecule has 2 rings (SSSR count). The molecule has 0 aliphatic carbocycles. The second kappa shape index (κ2) is 8.43. The normalized spacial score (nSPS) is 9.88. The zero-order valence-electron chi connectivity index (χ0n) is 13.9. The number of anilines is 1. The minimum atomic E-state index is -0.708. The summed E-state index contributed by atoms with van der Waals surface area (Å²) in [6.45, 7) is -0.491. The standard InChI is InChI=1S/C18H16N2O6/c1-25-17(23)12-2-4-13(5-3-12)18(24)26-10-15(21)20-14-8-6-11(7-9-14)16(19)22/h2-9H,10H2,1H3,(H2,19,22)(H,20,21). The van der Waals surface area contributed by atoms with Gasteiger partial charge in [0.25, 0.3) is 5.91 Å². The number of rotatable bonds is 6. The highest BCUT2D eigenvalue weighted by molar-refractivity contribution is 5.97. The lowest BCUT2D eigenvalue weighted by Crippen LogP contribution is -2.21. The van der Waals surface area contributed by atoms with E-state index in [0.29, 0.717) is 16.8 Å². The maximum atomic E-state index is 11.9. The third-order valence-corrected chi connectivity index (χ3v) is 3.33. The lowest BCUT2D eigenvalue weighted by atomic mass is 10.1. The van der Waals surface area contributed by atoms with Crippen molar-refractivity contribution in [2.24, 2.45) is 5.73 Å². The highest BCUT2D eigenvalue weighted by atomic mass is 16.5. The molecule has 2 amide bonds. The van der Waals surface area contributed by atoms with Crippen LogP contribution in [0.15, 0.2) is 48.5 Å². The topological polar surface area (TPSA) is 125 Å². The van der Waals surface area contributed by atoms with Gasteiger partial charge in [-0.3, -0.25) is 9.59 Å². The van der Waals surface area contributed by atoms with E-state index in [-0.39, 0.29) is 5.56 Å².